The Morgan fingerprint density at radius 1 is 1.00 bits per heavy atom. The first-order valence-electron chi connectivity index (χ1n) is 9.12. The number of amides is 1. The van der Waals surface area contributed by atoms with E-state index in [-0.39, 0.29) is 12.5 Å². The zero-order chi connectivity index (χ0) is 18.6. The van der Waals surface area contributed by atoms with Crippen molar-refractivity contribution in [2.45, 2.75) is 25.9 Å². The predicted octanol–water partition coefficient (Wildman–Crippen LogP) is 4.72. The molecule has 0 radical (unpaired) electrons. The summed E-state index contributed by atoms with van der Waals surface area (Å²) >= 11 is 6.19. The Balaban J connectivity index is 1.34. The van der Waals surface area contributed by atoms with Crippen molar-refractivity contribution in [2.24, 2.45) is 0 Å². The van der Waals surface area contributed by atoms with Gasteiger partial charge in [-0.2, -0.15) is 0 Å². The molecule has 3 aromatic rings. The fourth-order valence-corrected chi connectivity index (χ4v) is 3.51. The average molecular weight is 385 g/mol. The molecular weight excluding hydrogens is 364 g/mol. The lowest BCUT2D eigenvalue weighted by molar-refractivity contribution is 0.0917. The Bertz CT molecular complexity index is 925. The third-order valence-corrected chi connectivity index (χ3v) is 5.02. The smallest absolute Gasteiger partial charge is 0.287 e. The summed E-state index contributed by atoms with van der Waals surface area (Å²) in [5, 5.41) is 3.46. The first kappa shape index (κ1) is 17.9. The third kappa shape index (κ3) is 4.26. The number of hydrogen-bond donors (Lipinski definition) is 1. The van der Waals surface area contributed by atoms with Crippen molar-refractivity contribution in [1.82, 2.24) is 10.2 Å². The maximum atomic E-state index is 12.3. The second-order valence-corrected chi connectivity index (χ2v) is 7.08. The van der Waals surface area contributed by atoms with E-state index in [4.69, 9.17) is 20.4 Å². The van der Waals surface area contributed by atoms with Gasteiger partial charge in [-0.3, -0.25) is 9.69 Å². The van der Waals surface area contributed by atoms with Gasteiger partial charge in [0.1, 0.15) is 17.3 Å². The SMILES string of the molecule is O=C(NCc1ccc(-c2ccccc2Cl)o1)c1ccc(CN2CCCC2)o1. The van der Waals surface area contributed by atoms with Crippen molar-refractivity contribution in [3.05, 3.63) is 70.8 Å². The van der Waals surface area contributed by atoms with Gasteiger partial charge < -0.3 is 14.2 Å². The van der Waals surface area contributed by atoms with Crippen molar-refractivity contribution in [3.63, 3.8) is 0 Å². The number of benzene rings is 1. The Morgan fingerprint density at radius 3 is 2.59 bits per heavy atom. The summed E-state index contributed by atoms with van der Waals surface area (Å²) < 4.78 is 11.5. The lowest BCUT2D eigenvalue weighted by atomic mass is 10.2. The molecule has 0 spiro atoms. The third-order valence-electron chi connectivity index (χ3n) is 4.69. The van der Waals surface area contributed by atoms with Crippen molar-refractivity contribution >= 4 is 17.5 Å². The number of hydrogen-bond acceptors (Lipinski definition) is 4. The number of nitrogens with one attached hydrogen (secondary N) is 1. The molecule has 2 aromatic heterocycles. The lowest BCUT2D eigenvalue weighted by Gasteiger charge is -2.11. The fourth-order valence-electron chi connectivity index (χ4n) is 3.28. The fraction of sp³-hybridized carbons (Fsp3) is 0.286. The van der Waals surface area contributed by atoms with Gasteiger partial charge in [0.2, 0.25) is 0 Å². The summed E-state index contributed by atoms with van der Waals surface area (Å²) in [6.45, 7) is 3.22. The maximum absolute atomic E-state index is 12.3. The molecule has 1 aliphatic heterocycles. The molecule has 1 amide bonds. The highest BCUT2D eigenvalue weighted by Crippen LogP contribution is 2.29. The van der Waals surface area contributed by atoms with Crippen LogP contribution in [0.1, 0.15) is 34.9 Å². The number of rotatable bonds is 6. The van der Waals surface area contributed by atoms with Crippen LogP contribution in [0.4, 0.5) is 0 Å². The van der Waals surface area contributed by atoms with Crippen LogP contribution in [0, 0.1) is 0 Å². The zero-order valence-corrected chi connectivity index (χ0v) is 15.7. The molecule has 1 aliphatic rings. The summed E-state index contributed by atoms with van der Waals surface area (Å²) in [7, 11) is 0. The summed E-state index contributed by atoms with van der Waals surface area (Å²) in [5.74, 6) is 2.22. The van der Waals surface area contributed by atoms with Crippen LogP contribution >= 0.6 is 11.6 Å². The highest BCUT2D eigenvalue weighted by Gasteiger charge is 2.16. The minimum atomic E-state index is -0.252. The quantitative estimate of drug-likeness (QED) is 0.668. The highest BCUT2D eigenvalue weighted by atomic mass is 35.5. The average Bonchev–Trinajstić information content (AvgIpc) is 3.43. The number of carbonyl (C=O) groups excluding carboxylic acids is 1. The zero-order valence-electron chi connectivity index (χ0n) is 14.9. The van der Waals surface area contributed by atoms with Crippen LogP contribution in [0.2, 0.25) is 5.02 Å². The molecule has 0 saturated carbocycles. The molecule has 4 rings (SSSR count). The van der Waals surface area contributed by atoms with Crippen LogP contribution < -0.4 is 5.32 Å². The number of halogens is 1. The van der Waals surface area contributed by atoms with E-state index < -0.39 is 0 Å². The van der Waals surface area contributed by atoms with E-state index in [1.165, 1.54) is 12.8 Å². The van der Waals surface area contributed by atoms with Crippen molar-refractivity contribution in [3.8, 4) is 11.3 Å². The van der Waals surface area contributed by atoms with Gasteiger partial charge in [0.05, 0.1) is 18.1 Å². The van der Waals surface area contributed by atoms with Gasteiger partial charge >= 0.3 is 0 Å². The van der Waals surface area contributed by atoms with Gasteiger partial charge in [-0.25, -0.2) is 0 Å². The minimum Gasteiger partial charge on any atom is -0.459 e. The van der Waals surface area contributed by atoms with Gasteiger partial charge in [-0.1, -0.05) is 23.7 Å². The highest BCUT2D eigenvalue weighted by molar-refractivity contribution is 6.33. The van der Waals surface area contributed by atoms with Crippen LogP contribution in [0.15, 0.2) is 57.4 Å². The second kappa shape index (κ2) is 8.03. The van der Waals surface area contributed by atoms with Crippen LogP contribution in [-0.4, -0.2) is 23.9 Å². The lowest BCUT2D eigenvalue weighted by Crippen LogP contribution is -2.22. The Kier molecular flexibility index (Phi) is 5.32. The van der Waals surface area contributed by atoms with Crippen LogP contribution in [0.3, 0.4) is 0 Å². The first-order chi connectivity index (χ1) is 13.2. The first-order valence-corrected chi connectivity index (χ1v) is 9.50. The molecule has 0 unspecified atom stereocenters. The summed E-state index contributed by atoms with van der Waals surface area (Å²) in [6, 6.07) is 14.8. The van der Waals surface area contributed by atoms with Gasteiger partial charge in [-0.15, -0.1) is 0 Å². The summed E-state index contributed by atoms with van der Waals surface area (Å²) in [4.78, 5) is 14.7. The van der Waals surface area contributed by atoms with E-state index in [0.717, 1.165) is 31.0 Å². The van der Waals surface area contributed by atoms with E-state index >= 15 is 0 Å². The summed E-state index contributed by atoms with van der Waals surface area (Å²) in [5.41, 5.74) is 0.828. The molecule has 1 saturated heterocycles. The Morgan fingerprint density at radius 2 is 1.78 bits per heavy atom. The molecule has 1 fully saturated rings. The van der Waals surface area contributed by atoms with E-state index in [2.05, 4.69) is 10.2 Å². The molecule has 5 nitrogen and oxygen atoms in total. The van der Waals surface area contributed by atoms with Crippen LogP contribution in [0.5, 0.6) is 0 Å². The topological polar surface area (TPSA) is 58.6 Å². The molecule has 1 N–H and O–H groups in total. The molecule has 1 aromatic carbocycles. The molecule has 27 heavy (non-hydrogen) atoms. The number of likely N-dealkylation sites (tertiary alicyclic amines) is 1. The number of nitrogens with zero attached hydrogens (tertiary/aromatic N) is 1. The van der Waals surface area contributed by atoms with Crippen molar-refractivity contribution in [1.29, 1.82) is 0 Å². The van der Waals surface area contributed by atoms with E-state index in [1.807, 2.05) is 42.5 Å². The monoisotopic (exact) mass is 384 g/mol. The van der Waals surface area contributed by atoms with Crippen LogP contribution in [0.25, 0.3) is 11.3 Å². The predicted molar refractivity (Wildman–Crippen MR) is 104 cm³/mol. The largest absolute Gasteiger partial charge is 0.459 e. The van der Waals surface area contributed by atoms with E-state index in [1.54, 1.807) is 6.07 Å². The molecule has 0 aliphatic carbocycles. The summed E-state index contributed by atoms with van der Waals surface area (Å²) in [6.07, 6.45) is 2.46. The van der Waals surface area contributed by atoms with E-state index in [9.17, 15) is 4.79 Å². The van der Waals surface area contributed by atoms with Crippen molar-refractivity contribution < 1.29 is 13.6 Å². The van der Waals surface area contributed by atoms with Crippen LogP contribution in [-0.2, 0) is 13.1 Å². The Labute approximate surface area is 162 Å². The number of carbonyl (C=O) groups is 1. The maximum Gasteiger partial charge on any atom is 0.287 e. The van der Waals surface area contributed by atoms with Gasteiger partial charge in [0, 0.05) is 5.56 Å². The second-order valence-electron chi connectivity index (χ2n) is 6.68. The Hall–Kier alpha value is -2.50. The van der Waals surface area contributed by atoms with Gasteiger partial charge in [0.25, 0.3) is 5.91 Å². The minimum absolute atomic E-state index is 0.252. The van der Waals surface area contributed by atoms with Gasteiger partial charge in [0.15, 0.2) is 5.76 Å². The molecule has 140 valence electrons. The standard InChI is InChI=1S/C21H21ClN2O3/c22-18-6-2-1-5-17(18)19-9-7-15(26-19)13-23-21(25)20-10-8-16(27-20)14-24-11-3-4-12-24/h1-2,5-10H,3-4,11-14H2,(H,23,25). The molecule has 0 bridgehead atoms. The molecule has 0 atom stereocenters. The molecular formula is C21H21ClN2O3. The normalized spacial score (nSPS) is 14.6. The van der Waals surface area contributed by atoms with Gasteiger partial charge in [-0.05, 0) is 62.3 Å². The molecule has 3 heterocycles. The van der Waals surface area contributed by atoms with E-state index in [0.29, 0.717) is 22.3 Å². The van der Waals surface area contributed by atoms with Crippen molar-refractivity contribution in [2.75, 3.05) is 13.1 Å². The number of furan rings is 2. The molecule has 6 heteroatoms.